The number of rotatable bonds is 26. The van der Waals surface area contributed by atoms with E-state index in [1.54, 1.807) is 17.0 Å². The molecule has 9 rings (SSSR count). The van der Waals surface area contributed by atoms with Gasteiger partial charge in [-0.15, -0.1) is 10.2 Å². The van der Waals surface area contributed by atoms with Crippen LogP contribution in [-0.4, -0.2) is 156 Å². The number of amides is 4. The lowest BCUT2D eigenvalue weighted by Crippen LogP contribution is -2.55. The van der Waals surface area contributed by atoms with E-state index in [1.165, 1.54) is 10.5 Å². The monoisotopic (exact) mass is 1110 g/mol. The second-order valence-electron chi connectivity index (χ2n) is 21.0. The van der Waals surface area contributed by atoms with Crippen LogP contribution in [0.1, 0.15) is 111 Å². The Morgan fingerprint density at radius 2 is 1.52 bits per heavy atom. The minimum Gasteiger partial charge on any atom is -0.491 e. The van der Waals surface area contributed by atoms with Crippen LogP contribution < -0.4 is 15.4 Å². The van der Waals surface area contributed by atoms with Gasteiger partial charge < -0.3 is 49.2 Å². The van der Waals surface area contributed by atoms with Gasteiger partial charge in [-0.25, -0.2) is 0 Å². The van der Waals surface area contributed by atoms with Crippen LogP contribution in [0, 0.1) is 12.8 Å². The summed E-state index contributed by atoms with van der Waals surface area (Å²) in [4.78, 5) is 67.6. The van der Waals surface area contributed by atoms with Gasteiger partial charge in [0.15, 0.2) is 5.82 Å². The van der Waals surface area contributed by atoms with Crippen LogP contribution in [-0.2, 0) is 46.4 Å². The van der Waals surface area contributed by atoms with Crippen molar-refractivity contribution in [2.24, 2.45) is 15.9 Å². The number of halogens is 1. The molecule has 4 amide bonds. The predicted octanol–water partition coefficient (Wildman–Crippen LogP) is 6.85. The maximum absolute atomic E-state index is 14.3. The summed E-state index contributed by atoms with van der Waals surface area (Å²) in [7, 11) is 0. The van der Waals surface area contributed by atoms with Crippen LogP contribution >= 0.6 is 11.6 Å². The fourth-order valence-electron chi connectivity index (χ4n) is 11.0. The minimum atomic E-state index is -0.918. The van der Waals surface area contributed by atoms with E-state index in [2.05, 4.69) is 44.2 Å². The number of aliphatic hydroxyl groups is 1. The summed E-state index contributed by atoms with van der Waals surface area (Å²) in [5.41, 5.74) is 11.4. The molecule has 0 saturated carbocycles. The molecule has 1 saturated heterocycles. The van der Waals surface area contributed by atoms with Gasteiger partial charge in [0.05, 0.1) is 71.1 Å². The first-order valence-corrected chi connectivity index (χ1v) is 27.9. The lowest BCUT2D eigenvalue weighted by atomic mass is 9.97. The van der Waals surface area contributed by atoms with Gasteiger partial charge in [-0.1, -0.05) is 73.5 Å². The molecule has 5 aliphatic rings. The van der Waals surface area contributed by atoms with Gasteiger partial charge in [0.2, 0.25) is 17.7 Å². The van der Waals surface area contributed by atoms with Gasteiger partial charge in [-0.2, -0.15) is 0 Å². The number of allylic oxidation sites excluding steroid dienone is 6. The van der Waals surface area contributed by atoms with Gasteiger partial charge in [-0.3, -0.25) is 33.7 Å². The molecule has 0 radical (unpaired) electrons. The molecule has 4 aromatic rings. The zero-order valence-corrected chi connectivity index (χ0v) is 47.2. The van der Waals surface area contributed by atoms with Crippen molar-refractivity contribution in [3.8, 4) is 5.75 Å². The van der Waals surface area contributed by atoms with Gasteiger partial charge in [-0.05, 0) is 80.2 Å². The number of aliphatic hydroxyl groups excluding tert-OH is 1. The van der Waals surface area contributed by atoms with E-state index in [1.807, 2.05) is 88.5 Å². The molecule has 20 heteroatoms. The zero-order valence-electron chi connectivity index (χ0n) is 46.5. The molecule has 0 bridgehead atoms. The summed E-state index contributed by atoms with van der Waals surface area (Å²) in [5.74, 6) is 0.576. The van der Waals surface area contributed by atoms with Crippen molar-refractivity contribution in [2.75, 3.05) is 72.6 Å². The number of likely N-dealkylation sites (tertiary alicyclic amines) is 1. The van der Waals surface area contributed by atoms with E-state index in [0.717, 1.165) is 68.3 Å². The molecule has 3 unspecified atom stereocenters. The standard InChI is InChI=1S/C60H72ClN9O10/c1-36(2)56(69-34-44-9-7-8-10-48(44)59(69)74)60(75)68-35-46(71)31-51(68)58(73)64-33-43-12-11-42(47-17-18-62-39(47)5)30-52(43)80-28-27-79-26-25-78-24-23-77-22-21-76-20-19-63-53(72)32-49-57-67-66-40(6)70(57)50-29-37(3)38(4)54(50)55(65-49)41-13-15-45(61)16-14-41/h7-16,18,30,36,46,49,51,56,71H,17,19-29,31-35H2,1-6H3,(H,63,72)(H,64,73)/t46?,49?,51?,56-/m0/s1. The topological polar surface area (TPSA) is 221 Å². The van der Waals surface area contributed by atoms with Crippen molar-refractivity contribution in [2.45, 2.75) is 105 Å². The molecule has 19 nitrogen and oxygen atoms in total. The molecule has 3 aromatic carbocycles. The third-order valence-electron chi connectivity index (χ3n) is 15.2. The van der Waals surface area contributed by atoms with Crippen LogP contribution in [0.25, 0.3) is 11.3 Å². The molecule has 80 heavy (non-hydrogen) atoms. The maximum Gasteiger partial charge on any atom is 0.255 e. The lowest BCUT2D eigenvalue weighted by molar-refractivity contribution is -0.143. The molecular weight excluding hydrogens is 1040 g/mol. The van der Waals surface area contributed by atoms with Crippen molar-refractivity contribution in [3.63, 3.8) is 0 Å². The number of carbonyl (C=O) groups excluding carboxylic acids is 4. The molecule has 4 atom stereocenters. The third-order valence-corrected chi connectivity index (χ3v) is 15.4. The summed E-state index contributed by atoms with van der Waals surface area (Å²) in [6, 6.07) is 18.5. The molecular formula is C60H72ClN9O10. The fourth-order valence-corrected chi connectivity index (χ4v) is 11.1. The van der Waals surface area contributed by atoms with Crippen LogP contribution in [0.2, 0.25) is 5.02 Å². The number of nitrogens with one attached hydrogen (secondary N) is 2. The van der Waals surface area contributed by atoms with E-state index < -0.39 is 30.1 Å². The highest BCUT2D eigenvalue weighted by molar-refractivity contribution is 6.31. The Bertz CT molecular complexity index is 3110. The number of carbonyl (C=O) groups is 4. The number of aliphatic imine (C=N–C) groups is 2. The van der Waals surface area contributed by atoms with Crippen molar-refractivity contribution in [1.29, 1.82) is 0 Å². The highest BCUT2D eigenvalue weighted by Crippen LogP contribution is 2.42. The Morgan fingerprint density at radius 3 is 2.21 bits per heavy atom. The van der Waals surface area contributed by atoms with Gasteiger partial charge >= 0.3 is 0 Å². The quantitative estimate of drug-likeness (QED) is 0.0550. The third kappa shape index (κ3) is 13.3. The average Bonchev–Trinajstić information content (AvgIpc) is 4.43. The Hall–Kier alpha value is -6.87. The predicted molar refractivity (Wildman–Crippen MR) is 303 cm³/mol. The lowest BCUT2D eigenvalue weighted by Gasteiger charge is -2.35. The molecule has 3 N–H and O–H groups in total. The van der Waals surface area contributed by atoms with Crippen LogP contribution in [0.5, 0.6) is 5.75 Å². The van der Waals surface area contributed by atoms with Gasteiger partial charge in [0.25, 0.3) is 5.91 Å². The van der Waals surface area contributed by atoms with Gasteiger partial charge in [0, 0.05) is 90.3 Å². The summed E-state index contributed by atoms with van der Waals surface area (Å²) in [6.45, 7) is 15.6. The molecule has 4 aliphatic heterocycles. The van der Waals surface area contributed by atoms with Crippen LogP contribution in [0.3, 0.4) is 0 Å². The smallest absolute Gasteiger partial charge is 0.255 e. The number of hydrogen-bond donors (Lipinski definition) is 3. The normalized spacial score (nSPS) is 19.0. The highest BCUT2D eigenvalue weighted by Gasteiger charge is 2.46. The van der Waals surface area contributed by atoms with Gasteiger partial charge in [0.1, 0.15) is 36.3 Å². The number of aryl methyl sites for hydroxylation is 1. The number of aromatic nitrogens is 3. The molecule has 1 aliphatic carbocycles. The minimum absolute atomic E-state index is 0.00643. The summed E-state index contributed by atoms with van der Waals surface area (Å²) in [6.07, 6.45) is 2.60. The highest BCUT2D eigenvalue weighted by atomic mass is 35.5. The van der Waals surface area contributed by atoms with Crippen LogP contribution in [0.4, 0.5) is 0 Å². The molecule has 1 aromatic heterocycles. The van der Waals surface area contributed by atoms with E-state index in [-0.39, 0.29) is 62.8 Å². The van der Waals surface area contributed by atoms with E-state index in [0.29, 0.717) is 87.9 Å². The fraction of sp³-hybridized carbons (Fsp3) is 0.467. The number of hydrogen-bond acceptors (Lipinski definition) is 14. The largest absolute Gasteiger partial charge is 0.491 e. The summed E-state index contributed by atoms with van der Waals surface area (Å²) in [5, 5.41) is 26.3. The zero-order chi connectivity index (χ0) is 56.5. The second-order valence-corrected chi connectivity index (χ2v) is 21.4. The molecule has 5 heterocycles. The second kappa shape index (κ2) is 26.6. The van der Waals surface area contributed by atoms with Crippen molar-refractivity contribution >= 4 is 58.4 Å². The Labute approximate surface area is 472 Å². The SMILES string of the molecule is CC1=C(C)C2=C(C1)n1c(C)nnc1C(CC(=O)NCCOCCOCCOCCOCCOc1cc(C3=C(C)N=CC3)ccc1CNC(=O)C1CC(O)CN1C(=O)[C@H](C(C)C)N1Cc3ccccc3C1=O)N=C2c1ccc(Cl)cc1. The Kier molecular flexibility index (Phi) is 19.2. The van der Waals surface area contributed by atoms with E-state index in [9.17, 15) is 24.3 Å². The Balaban J connectivity index is 0.664. The van der Waals surface area contributed by atoms with E-state index >= 15 is 0 Å². The van der Waals surface area contributed by atoms with Crippen molar-refractivity contribution in [3.05, 3.63) is 134 Å². The number of nitrogens with zero attached hydrogens (tertiary/aromatic N) is 7. The number of ether oxygens (including phenoxy) is 5. The van der Waals surface area contributed by atoms with E-state index in [4.69, 9.17) is 40.3 Å². The van der Waals surface area contributed by atoms with Crippen LogP contribution in [0.15, 0.2) is 99.1 Å². The van der Waals surface area contributed by atoms with Crippen molar-refractivity contribution < 1.29 is 48.0 Å². The first kappa shape index (κ1) is 57.8. The Morgan fingerprint density at radius 1 is 0.838 bits per heavy atom. The first-order chi connectivity index (χ1) is 38.7. The summed E-state index contributed by atoms with van der Waals surface area (Å²) >= 11 is 6.25. The molecule has 0 spiro atoms. The number of β-amino-alcohol motifs (C(OH)–C–C–N with tert-alkyl or cyclic N) is 1. The summed E-state index contributed by atoms with van der Waals surface area (Å²) < 4.78 is 31.3. The number of benzene rings is 3. The number of fused-ring (bicyclic) bond motifs is 3. The molecule has 1 fully saturated rings. The molecule has 424 valence electrons. The first-order valence-electron chi connectivity index (χ1n) is 27.6. The van der Waals surface area contributed by atoms with Crippen molar-refractivity contribution in [1.82, 2.24) is 35.2 Å². The average molecular weight is 1110 g/mol. The maximum atomic E-state index is 14.3.